The average molecular weight is 435 g/mol. The van der Waals surface area contributed by atoms with Crippen LogP contribution in [0.2, 0.25) is 0 Å². The van der Waals surface area contributed by atoms with Gasteiger partial charge in [-0.15, -0.1) is 0 Å². The van der Waals surface area contributed by atoms with Crippen molar-refractivity contribution in [3.8, 4) is 0 Å². The lowest BCUT2D eigenvalue weighted by molar-refractivity contribution is -0.122. The van der Waals surface area contributed by atoms with Crippen LogP contribution in [-0.4, -0.2) is 38.9 Å². The van der Waals surface area contributed by atoms with Gasteiger partial charge in [-0.05, 0) is 38.0 Å². The molecule has 0 saturated carbocycles. The predicted octanol–water partition coefficient (Wildman–Crippen LogP) is 3.90. The maximum absolute atomic E-state index is 12.8. The van der Waals surface area contributed by atoms with Crippen LogP contribution in [0.4, 0.5) is 5.69 Å². The predicted molar refractivity (Wildman–Crippen MR) is 123 cm³/mol. The van der Waals surface area contributed by atoms with E-state index in [0.717, 1.165) is 23.3 Å². The number of aryl methyl sites for hydroxylation is 2. The lowest BCUT2D eigenvalue weighted by Crippen LogP contribution is -2.49. The summed E-state index contributed by atoms with van der Waals surface area (Å²) < 4.78 is 26.1. The van der Waals surface area contributed by atoms with E-state index in [1.807, 2.05) is 32.0 Å². The van der Waals surface area contributed by atoms with Gasteiger partial charge in [0.25, 0.3) is 0 Å². The second kappa shape index (κ2) is 10.7. The quantitative estimate of drug-likeness (QED) is 0.576. The molecule has 0 unspecified atom stereocenters. The van der Waals surface area contributed by atoms with Crippen LogP contribution in [0.1, 0.15) is 30.0 Å². The van der Waals surface area contributed by atoms with E-state index in [4.69, 9.17) is 0 Å². The normalized spacial score (nSPS) is 12.4. The van der Waals surface area contributed by atoms with E-state index in [2.05, 4.69) is 30.4 Å². The highest BCUT2D eigenvalue weighted by atomic mass is 32.2. The Balaban J connectivity index is 1.95. The molecule has 1 atom stereocenters. The van der Waals surface area contributed by atoms with E-state index in [1.165, 1.54) is 15.4 Å². The summed E-state index contributed by atoms with van der Waals surface area (Å²) in [5.41, 5.74) is 4.04. The van der Waals surface area contributed by atoms with Gasteiger partial charge in [-0.2, -0.15) is 11.8 Å². The van der Waals surface area contributed by atoms with Crippen molar-refractivity contribution in [1.82, 2.24) is 5.32 Å². The number of hydrogen-bond acceptors (Lipinski definition) is 4. The molecule has 0 aliphatic carbocycles. The van der Waals surface area contributed by atoms with E-state index in [-0.39, 0.29) is 5.91 Å². The fraction of sp³-hybridized carbons (Fsp3) is 0.409. The van der Waals surface area contributed by atoms with E-state index in [0.29, 0.717) is 18.7 Å². The molecule has 0 aromatic heterocycles. The lowest BCUT2D eigenvalue weighted by Gasteiger charge is -2.30. The number of rotatable bonds is 10. The third-order valence-electron chi connectivity index (χ3n) is 4.52. The van der Waals surface area contributed by atoms with Crippen LogP contribution >= 0.6 is 11.8 Å². The van der Waals surface area contributed by atoms with Crippen molar-refractivity contribution in [2.24, 2.45) is 0 Å². The Labute approximate surface area is 178 Å². The molecule has 0 aliphatic heterocycles. The number of sulfonamides is 1. The molecular weight excluding hydrogens is 404 g/mol. The van der Waals surface area contributed by atoms with Crippen LogP contribution in [0.3, 0.4) is 0 Å². The summed E-state index contributed by atoms with van der Waals surface area (Å²) in [6.07, 6.45) is 1.53. The second-order valence-electron chi connectivity index (χ2n) is 7.15. The van der Waals surface area contributed by atoms with Gasteiger partial charge in [-0.25, -0.2) is 8.42 Å². The number of amides is 1. The number of thioether (sulfide) groups is 1. The number of hydrogen-bond donors (Lipinski definition) is 1. The van der Waals surface area contributed by atoms with Crippen LogP contribution in [0.5, 0.6) is 0 Å². The molecule has 0 radical (unpaired) electrons. The van der Waals surface area contributed by atoms with Crippen molar-refractivity contribution < 1.29 is 13.2 Å². The lowest BCUT2D eigenvalue weighted by atomic mass is 10.1. The number of anilines is 1. The first-order chi connectivity index (χ1) is 13.7. The second-order valence-corrected chi connectivity index (χ2v) is 10.1. The fourth-order valence-corrected chi connectivity index (χ4v) is 5.13. The Morgan fingerprint density at radius 2 is 1.79 bits per heavy atom. The third kappa shape index (κ3) is 7.08. The van der Waals surface area contributed by atoms with Crippen molar-refractivity contribution >= 4 is 33.4 Å². The van der Waals surface area contributed by atoms with Gasteiger partial charge in [-0.1, -0.05) is 54.4 Å². The minimum atomic E-state index is -3.60. The molecule has 0 aliphatic rings. The van der Waals surface area contributed by atoms with E-state index < -0.39 is 16.1 Å². The molecule has 2 aromatic rings. The number of benzene rings is 2. The van der Waals surface area contributed by atoms with Crippen LogP contribution < -0.4 is 9.62 Å². The molecule has 0 spiro atoms. The summed E-state index contributed by atoms with van der Waals surface area (Å²) in [7, 11) is -3.60. The zero-order valence-corrected chi connectivity index (χ0v) is 19.1. The molecule has 7 heteroatoms. The number of nitrogens with one attached hydrogen (secondary N) is 1. The summed E-state index contributed by atoms with van der Waals surface area (Å²) in [6, 6.07) is 14.8. The van der Waals surface area contributed by atoms with E-state index in [9.17, 15) is 13.2 Å². The van der Waals surface area contributed by atoms with Crippen LogP contribution in [-0.2, 0) is 20.6 Å². The molecule has 0 saturated heterocycles. The standard InChI is InChI=1S/C22H30N2O3S2/c1-5-21(24(29(4,26)27)20-11-9-17(2)10-12-20)22(25)23-13-14-28-16-19-8-6-7-18(3)15-19/h6-12,15,21H,5,13-14,16H2,1-4H3,(H,23,25)/t21-/m0/s1. The molecule has 158 valence electrons. The highest BCUT2D eigenvalue weighted by molar-refractivity contribution is 7.98. The molecule has 0 heterocycles. The van der Waals surface area contributed by atoms with Gasteiger partial charge < -0.3 is 5.32 Å². The maximum atomic E-state index is 12.8. The third-order valence-corrected chi connectivity index (χ3v) is 6.73. The Morgan fingerprint density at radius 1 is 1.10 bits per heavy atom. The van der Waals surface area contributed by atoms with E-state index in [1.54, 1.807) is 23.9 Å². The van der Waals surface area contributed by atoms with Gasteiger partial charge in [0, 0.05) is 18.1 Å². The number of nitrogens with zero attached hydrogens (tertiary/aromatic N) is 1. The number of carbonyl (C=O) groups excluding carboxylic acids is 1. The van der Waals surface area contributed by atoms with Crippen LogP contribution in [0.25, 0.3) is 0 Å². The first-order valence-corrected chi connectivity index (χ1v) is 12.7. The molecule has 2 aromatic carbocycles. The maximum Gasteiger partial charge on any atom is 0.243 e. The summed E-state index contributed by atoms with van der Waals surface area (Å²) in [4.78, 5) is 12.8. The Bertz CT molecular complexity index is 912. The van der Waals surface area contributed by atoms with Crippen molar-refractivity contribution in [3.63, 3.8) is 0 Å². The fourth-order valence-electron chi connectivity index (χ4n) is 3.11. The Hall–Kier alpha value is -1.99. The average Bonchev–Trinajstić information content (AvgIpc) is 2.65. The minimum Gasteiger partial charge on any atom is -0.353 e. The van der Waals surface area contributed by atoms with Crippen molar-refractivity contribution in [3.05, 3.63) is 65.2 Å². The largest absolute Gasteiger partial charge is 0.353 e. The molecule has 1 N–H and O–H groups in total. The van der Waals surface area contributed by atoms with Crippen LogP contribution in [0, 0.1) is 13.8 Å². The first-order valence-electron chi connectivity index (χ1n) is 9.69. The summed E-state index contributed by atoms with van der Waals surface area (Å²) >= 11 is 1.74. The Kier molecular flexibility index (Phi) is 8.59. The Morgan fingerprint density at radius 3 is 2.38 bits per heavy atom. The molecular formula is C22H30N2O3S2. The summed E-state index contributed by atoms with van der Waals surface area (Å²) in [6.45, 7) is 6.33. The smallest absolute Gasteiger partial charge is 0.243 e. The van der Waals surface area contributed by atoms with Gasteiger partial charge in [0.1, 0.15) is 6.04 Å². The highest BCUT2D eigenvalue weighted by Crippen LogP contribution is 2.23. The SMILES string of the molecule is CC[C@@H](C(=O)NCCSCc1cccc(C)c1)N(c1ccc(C)cc1)S(C)(=O)=O. The molecule has 29 heavy (non-hydrogen) atoms. The molecule has 0 bridgehead atoms. The molecule has 0 fully saturated rings. The van der Waals surface area contributed by atoms with Crippen molar-refractivity contribution in [2.45, 2.75) is 39.0 Å². The van der Waals surface area contributed by atoms with Gasteiger partial charge in [0.05, 0.1) is 11.9 Å². The molecule has 5 nitrogen and oxygen atoms in total. The topological polar surface area (TPSA) is 66.5 Å². The van der Waals surface area contributed by atoms with Gasteiger partial charge in [0.2, 0.25) is 15.9 Å². The number of carbonyl (C=O) groups is 1. The van der Waals surface area contributed by atoms with Gasteiger partial charge >= 0.3 is 0 Å². The minimum absolute atomic E-state index is 0.269. The monoisotopic (exact) mass is 434 g/mol. The van der Waals surface area contributed by atoms with Crippen LogP contribution in [0.15, 0.2) is 48.5 Å². The van der Waals surface area contributed by atoms with Crippen molar-refractivity contribution in [2.75, 3.05) is 22.9 Å². The van der Waals surface area contributed by atoms with Crippen molar-refractivity contribution in [1.29, 1.82) is 0 Å². The zero-order chi connectivity index (χ0) is 21.4. The first kappa shape index (κ1) is 23.3. The summed E-state index contributed by atoms with van der Waals surface area (Å²) in [5, 5.41) is 2.90. The highest BCUT2D eigenvalue weighted by Gasteiger charge is 2.31. The van der Waals surface area contributed by atoms with E-state index >= 15 is 0 Å². The molecule has 1 amide bonds. The van der Waals surface area contributed by atoms with Gasteiger partial charge in [-0.3, -0.25) is 9.10 Å². The summed E-state index contributed by atoms with van der Waals surface area (Å²) in [5.74, 6) is 1.38. The molecule has 2 rings (SSSR count). The van der Waals surface area contributed by atoms with Gasteiger partial charge in [0.15, 0.2) is 0 Å². The zero-order valence-electron chi connectivity index (χ0n) is 17.5.